The van der Waals surface area contributed by atoms with Gasteiger partial charge in [-0.1, -0.05) is 6.07 Å². The fourth-order valence-corrected chi connectivity index (χ4v) is 2.88. The van der Waals surface area contributed by atoms with Gasteiger partial charge in [-0.3, -0.25) is 4.79 Å². The van der Waals surface area contributed by atoms with Gasteiger partial charge in [0.2, 0.25) is 5.91 Å². The summed E-state index contributed by atoms with van der Waals surface area (Å²) in [6.45, 7) is 8.25. The molecule has 4 heteroatoms. The lowest BCUT2D eigenvalue weighted by atomic mass is 9.92. The first-order valence-corrected chi connectivity index (χ1v) is 8.21. The van der Waals surface area contributed by atoms with E-state index in [-0.39, 0.29) is 11.9 Å². The molecule has 1 aromatic rings. The number of amides is 1. The summed E-state index contributed by atoms with van der Waals surface area (Å²) >= 11 is 0. The zero-order valence-corrected chi connectivity index (χ0v) is 14.0. The van der Waals surface area contributed by atoms with Crippen LogP contribution in [-0.2, 0) is 4.79 Å². The minimum atomic E-state index is 0.155. The molecule has 2 rings (SSSR count). The van der Waals surface area contributed by atoms with E-state index < -0.39 is 0 Å². The molecule has 1 aromatic carbocycles. The maximum atomic E-state index is 12.3. The van der Waals surface area contributed by atoms with E-state index in [9.17, 15) is 4.79 Å². The first kappa shape index (κ1) is 16.8. The van der Waals surface area contributed by atoms with Gasteiger partial charge in [-0.15, -0.1) is 0 Å². The quantitative estimate of drug-likeness (QED) is 0.910. The zero-order chi connectivity index (χ0) is 16.1. The first-order chi connectivity index (χ1) is 10.5. The molecule has 1 heterocycles. The number of hydrogen-bond donors (Lipinski definition) is 1. The number of nitrogens with zero attached hydrogens (tertiary/aromatic N) is 1. The summed E-state index contributed by atoms with van der Waals surface area (Å²) in [5.74, 6) is 1.44. The Morgan fingerprint density at radius 2 is 2.18 bits per heavy atom. The Morgan fingerprint density at radius 3 is 2.86 bits per heavy atom. The van der Waals surface area contributed by atoms with Gasteiger partial charge in [0.05, 0.1) is 13.0 Å². The second-order valence-corrected chi connectivity index (χ2v) is 6.45. The summed E-state index contributed by atoms with van der Waals surface area (Å²) in [6.07, 6.45) is 2.61. The molecule has 0 bridgehead atoms. The van der Waals surface area contributed by atoms with E-state index in [1.165, 1.54) is 11.1 Å². The predicted molar refractivity (Wildman–Crippen MR) is 89.0 cm³/mol. The van der Waals surface area contributed by atoms with Gasteiger partial charge in [0.15, 0.2) is 0 Å². The average molecular weight is 304 g/mol. The number of aryl methyl sites for hydroxylation is 2. The lowest BCUT2D eigenvalue weighted by Crippen LogP contribution is -2.45. The molecule has 1 aliphatic rings. The average Bonchev–Trinajstić information content (AvgIpc) is 2.51. The van der Waals surface area contributed by atoms with Gasteiger partial charge in [-0.05, 0) is 62.8 Å². The van der Waals surface area contributed by atoms with Gasteiger partial charge in [0.25, 0.3) is 0 Å². The van der Waals surface area contributed by atoms with Crippen molar-refractivity contribution < 1.29 is 9.53 Å². The van der Waals surface area contributed by atoms with Gasteiger partial charge in [0, 0.05) is 19.1 Å². The van der Waals surface area contributed by atoms with Gasteiger partial charge in [0.1, 0.15) is 5.75 Å². The summed E-state index contributed by atoms with van der Waals surface area (Å²) in [5.41, 5.74) is 8.43. The van der Waals surface area contributed by atoms with Crippen LogP contribution in [0.15, 0.2) is 18.2 Å². The Hall–Kier alpha value is -1.55. The molecule has 122 valence electrons. The SMILES string of the molecule is Cc1ccc(OCCC(=O)N2CCC[C@@H]([C@H](C)N)C2)cc1C. The summed E-state index contributed by atoms with van der Waals surface area (Å²) in [7, 11) is 0. The number of piperidine rings is 1. The van der Waals surface area contributed by atoms with E-state index >= 15 is 0 Å². The summed E-state index contributed by atoms with van der Waals surface area (Å²) in [6, 6.07) is 6.18. The maximum Gasteiger partial charge on any atom is 0.226 e. The number of carbonyl (C=O) groups excluding carboxylic acids is 1. The van der Waals surface area contributed by atoms with Crippen LogP contribution in [-0.4, -0.2) is 36.5 Å². The van der Waals surface area contributed by atoms with E-state index in [0.29, 0.717) is 18.9 Å². The second kappa shape index (κ2) is 7.63. The minimum Gasteiger partial charge on any atom is -0.493 e. The zero-order valence-electron chi connectivity index (χ0n) is 14.0. The third-order valence-corrected chi connectivity index (χ3v) is 4.62. The normalized spacial score (nSPS) is 19.8. The highest BCUT2D eigenvalue weighted by Gasteiger charge is 2.25. The third-order valence-electron chi connectivity index (χ3n) is 4.62. The van der Waals surface area contributed by atoms with Crippen molar-refractivity contribution in [3.63, 3.8) is 0 Å². The Labute approximate surface area is 133 Å². The maximum absolute atomic E-state index is 12.3. The topological polar surface area (TPSA) is 55.6 Å². The van der Waals surface area contributed by atoms with E-state index in [1.807, 2.05) is 30.0 Å². The molecule has 22 heavy (non-hydrogen) atoms. The van der Waals surface area contributed by atoms with Gasteiger partial charge in [-0.25, -0.2) is 0 Å². The molecule has 0 spiro atoms. The van der Waals surface area contributed by atoms with Crippen molar-refractivity contribution >= 4 is 5.91 Å². The molecular formula is C18H28N2O2. The van der Waals surface area contributed by atoms with Crippen LogP contribution in [0, 0.1) is 19.8 Å². The van der Waals surface area contributed by atoms with E-state index in [0.717, 1.165) is 31.7 Å². The largest absolute Gasteiger partial charge is 0.493 e. The van der Waals surface area contributed by atoms with Crippen molar-refractivity contribution in [2.24, 2.45) is 11.7 Å². The standard InChI is InChI=1S/C18H28N2O2/c1-13-6-7-17(11-14(13)2)22-10-8-18(21)20-9-4-5-16(12-20)15(3)19/h6-7,11,15-16H,4-5,8-10,12,19H2,1-3H3/t15-,16+/m0/s1. The fourth-order valence-electron chi connectivity index (χ4n) is 2.88. The molecule has 4 nitrogen and oxygen atoms in total. The van der Waals surface area contributed by atoms with Crippen LogP contribution >= 0.6 is 0 Å². The highest BCUT2D eigenvalue weighted by molar-refractivity contribution is 5.76. The highest BCUT2D eigenvalue weighted by atomic mass is 16.5. The van der Waals surface area contributed by atoms with Crippen molar-refractivity contribution in [2.75, 3.05) is 19.7 Å². The van der Waals surface area contributed by atoms with Crippen LogP contribution in [0.1, 0.15) is 37.3 Å². The Balaban J connectivity index is 1.78. The smallest absolute Gasteiger partial charge is 0.226 e. The molecule has 2 atom stereocenters. The van der Waals surface area contributed by atoms with E-state index in [4.69, 9.17) is 10.5 Å². The number of rotatable bonds is 5. The highest BCUT2D eigenvalue weighted by Crippen LogP contribution is 2.20. The van der Waals surface area contributed by atoms with Gasteiger partial charge in [-0.2, -0.15) is 0 Å². The van der Waals surface area contributed by atoms with Crippen LogP contribution < -0.4 is 10.5 Å². The van der Waals surface area contributed by atoms with Gasteiger partial charge < -0.3 is 15.4 Å². The second-order valence-electron chi connectivity index (χ2n) is 6.45. The van der Waals surface area contributed by atoms with Crippen molar-refractivity contribution in [1.82, 2.24) is 4.90 Å². The molecule has 1 saturated heterocycles. The lowest BCUT2D eigenvalue weighted by molar-refractivity contribution is -0.133. The molecular weight excluding hydrogens is 276 g/mol. The third kappa shape index (κ3) is 4.47. The molecule has 1 fully saturated rings. The van der Waals surface area contributed by atoms with Crippen molar-refractivity contribution in [3.05, 3.63) is 29.3 Å². The van der Waals surface area contributed by atoms with E-state index in [2.05, 4.69) is 13.8 Å². The molecule has 0 aromatic heterocycles. The molecule has 1 aliphatic heterocycles. The minimum absolute atomic E-state index is 0.155. The molecule has 0 unspecified atom stereocenters. The molecule has 1 amide bonds. The van der Waals surface area contributed by atoms with Crippen molar-refractivity contribution in [2.45, 2.75) is 46.1 Å². The molecule has 2 N–H and O–H groups in total. The summed E-state index contributed by atoms with van der Waals surface area (Å²) < 4.78 is 5.71. The number of nitrogens with two attached hydrogens (primary N) is 1. The predicted octanol–water partition coefficient (Wildman–Crippen LogP) is 2.66. The van der Waals surface area contributed by atoms with Crippen LogP contribution in [0.2, 0.25) is 0 Å². The van der Waals surface area contributed by atoms with Crippen LogP contribution in [0.25, 0.3) is 0 Å². The number of benzene rings is 1. The monoisotopic (exact) mass is 304 g/mol. The molecule has 0 radical (unpaired) electrons. The number of hydrogen-bond acceptors (Lipinski definition) is 3. The number of ether oxygens (including phenoxy) is 1. The lowest BCUT2D eigenvalue weighted by Gasteiger charge is -2.34. The van der Waals surface area contributed by atoms with Crippen molar-refractivity contribution in [1.29, 1.82) is 0 Å². The Bertz CT molecular complexity index is 514. The van der Waals surface area contributed by atoms with Gasteiger partial charge >= 0.3 is 0 Å². The Kier molecular flexibility index (Phi) is 5.83. The summed E-state index contributed by atoms with van der Waals surface area (Å²) in [4.78, 5) is 14.2. The van der Waals surface area contributed by atoms with Crippen LogP contribution in [0.4, 0.5) is 0 Å². The summed E-state index contributed by atoms with van der Waals surface area (Å²) in [5, 5.41) is 0. The first-order valence-electron chi connectivity index (χ1n) is 8.21. The number of likely N-dealkylation sites (tertiary alicyclic amines) is 1. The molecule has 0 aliphatic carbocycles. The molecule has 0 saturated carbocycles. The number of carbonyl (C=O) groups is 1. The Morgan fingerprint density at radius 1 is 1.41 bits per heavy atom. The van der Waals surface area contributed by atoms with Crippen LogP contribution in [0.5, 0.6) is 5.75 Å². The van der Waals surface area contributed by atoms with E-state index in [1.54, 1.807) is 0 Å². The fraction of sp³-hybridized carbons (Fsp3) is 0.611. The van der Waals surface area contributed by atoms with Crippen LogP contribution in [0.3, 0.4) is 0 Å². The van der Waals surface area contributed by atoms with Crippen molar-refractivity contribution in [3.8, 4) is 5.75 Å².